The summed E-state index contributed by atoms with van der Waals surface area (Å²) in [6.45, 7) is 3.38. The Morgan fingerprint density at radius 2 is 2.16 bits per heavy atom. The van der Waals surface area contributed by atoms with Crippen LogP contribution in [-0.4, -0.2) is 56.2 Å². The third kappa shape index (κ3) is 5.34. The maximum absolute atomic E-state index is 12.0. The molecule has 2 N–H and O–H groups in total. The molecule has 1 amide bonds. The zero-order valence-corrected chi connectivity index (χ0v) is 12.3. The Labute approximate surface area is 120 Å². The van der Waals surface area contributed by atoms with Crippen LogP contribution >= 0.6 is 12.4 Å². The Balaban J connectivity index is 0.00000324. The molecule has 1 fully saturated rings. The third-order valence-corrected chi connectivity index (χ3v) is 3.02. The lowest BCUT2D eigenvalue weighted by molar-refractivity contribution is -0.151. The maximum Gasteiger partial charge on any atom is 0.310 e. The van der Waals surface area contributed by atoms with Crippen molar-refractivity contribution in [1.82, 2.24) is 4.90 Å². The van der Waals surface area contributed by atoms with Crippen LogP contribution in [0.1, 0.15) is 19.8 Å². The summed E-state index contributed by atoms with van der Waals surface area (Å²) < 4.78 is 9.85. The van der Waals surface area contributed by atoms with Crippen LogP contribution in [0.3, 0.4) is 0 Å². The molecule has 7 heteroatoms. The van der Waals surface area contributed by atoms with Gasteiger partial charge in [0.05, 0.1) is 19.1 Å². The predicted molar refractivity (Wildman–Crippen MR) is 73.0 cm³/mol. The van der Waals surface area contributed by atoms with Gasteiger partial charge >= 0.3 is 5.97 Å². The Kier molecular flexibility index (Phi) is 8.71. The van der Waals surface area contributed by atoms with E-state index in [2.05, 4.69) is 0 Å². The van der Waals surface area contributed by atoms with Crippen molar-refractivity contribution in [2.24, 2.45) is 11.7 Å². The van der Waals surface area contributed by atoms with Crippen LogP contribution in [-0.2, 0) is 19.1 Å². The molecule has 19 heavy (non-hydrogen) atoms. The molecule has 1 aliphatic heterocycles. The summed E-state index contributed by atoms with van der Waals surface area (Å²) >= 11 is 0. The summed E-state index contributed by atoms with van der Waals surface area (Å²) in [5.74, 6) is -0.612. The minimum absolute atomic E-state index is 0. The molecule has 1 rings (SSSR count). The monoisotopic (exact) mass is 294 g/mol. The molecule has 0 aromatic heterocycles. The fraction of sp³-hybridized carbons (Fsp3) is 0.833. The van der Waals surface area contributed by atoms with Crippen LogP contribution in [0.5, 0.6) is 0 Å². The number of methoxy groups -OCH3 is 1. The van der Waals surface area contributed by atoms with Gasteiger partial charge in [-0.15, -0.1) is 12.4 Å². The van der Waals surface area contributed by atoms with Crippen LogP contribution in [0.25, 0.3) is 0 Å². The molecule has 2 atom stereocenters. The lowest BCUT2D eigenvalue weighted by Gasteiger charge is -2.33. The van der Waals surface area contributed by atoms with E-state index in [4.69, 9.17) is 15.2 Å². The second kappa shape index (κ2) is 9.12. The smallest absolute Gasteiger partial charge is 0.310 e. The van der Waals surface area contributed by atoms with Gasteiger partial charge < -0.3 is 20.1 Å². The number of hydrogen-bond donors (Lipinski definition) is 1. The molecule has 1 heterocycles. The summed E-state index contributed by atoms with van der Waals surface area (Å²) in [6, 6.07) is -0.657. The minimum atomic E-state index is -0.657. The van der Waals surface area contributed by atoms with Gasteiger partial charge in [-0.2, -0.15) is 0 Å². The highest BCUT2D eigenvalue weighted by Crippen LogP contribution is 2.18. The third-order valence-electron chi connectivity index (χ3n) is 3.02. The molecule has 1 saturated heterocycles. The fourth-order valence-corrected chi connectivity index (χ4v) is 2.12. The van der Waals surface area contributed by atoms with Crippen molar-refractivity contribution < 1.29 is 19.1 Å². The average Bonchev–Trinajstić information content (AvgIpc) is 2.38. The van der Waals surface area contributed by atoms with Crippen molar-refractivity contribution in [3.05, 3.63) is 0 Å². The van der Waals surface area contributed by atoms with E-state index in [-0.39, 0.29) is 36.8 Å². The van der Waals surface area contributed by atoms with Gasteiger partial charge in [-0.1, -0.05) is 0 Å². The summed E-state index contributed by atoms with van der Waals surface area (Å²) in [5, 5.41) is 0. The summed E-state index contributed by atoms with van der Waals surface area (Å²) in [7, 11) is 1.50. The van der Waals surface area contributed by atoms with E-state index >= 15 is 0 Å². The molecular weight excluding hydrogens is 272 g/mol. The Morgan fingerprint density at radius 1 is 1.47 bits per heavy atom. The number of hydrogen-bond acceptors (Lipinski definition) is 5. The van der Waals surface area contributed by atoms with Gasteiger partial charge in [0.25, 0.3) is 0 Å². The van der Waals surface area contributed by atoms with Gasteiger partial charge in [-0.05, 0) is 19.8 Å². The Morgan fingerprint density at radius 3 is 2.74 bits per heavy atom. The van der Waals surface area contributed by atoms with E-state index < -0.39 is 6.04 Å². The number of amides is 1. The predicted octanol–water partition coefficient (Wildman–Crippen LogP) is 0.184. The Hall–Kier alpha value is -0.850. The molecule has 2 unspecified atom stereocenters. The lowest BCUT2D eigenvalue weighted by Crippen LogP contribution is -2.50. The first-order chi connectivity index (χ1) is 8.60. The molecule has 0 radical (unpaired) electrons. The maximum atomic E-state index is 12.0. The second-order valence-electron chi connectivity index (χ2n) is 4.44. The average molecular weight is 295 g/mol. The number of nitrogens with two attached hydrogens (primary N) is 1. The molecule has 0 aliphatic carbocycles. The van der Waals surface area contributed by atoms with Crippen molar-refractivity contribution in [2.75, 3.05) is 33.4 Å². The van der Waals surface area contributed by atoms with E-state index in [9.17, 15) is 9.59 Å². The van der Waals surface area contributed by atoms with Crippen LogP contribution in [0, 0.1) is 5.92 Å². The molecule has 1 aliphatic rings. The molecule has 0 bridgehead atoms. The minimum Gasteiger partial charge on any atom is -0.466 e. The van der Waals surface area contributed by atoms with Crippen LogP contribution in [0.4, 0.5) is 0 Å². The van der Waals surface area contributed by atoms with Gasteiger partial charge in [0.1, 0.15) is 6.04 Å². The first kappa shape index (κ1) is 18.1. The SMILES string of the molecule is CCOC(=O)C1CCCN(C(=O)C(N)COC)C1.Cl. The number of carbonyl (C=O) groups is 2. The van der Waals surface area contributed by atoms with Gasteiger partial charge in [0.15, 0.2) is 0 Å². The van der Waals surface area contributed by atoms with E-state index in [1.165, 1.54) is 7.11 Å². The highest BCUT2D eigenvalue weighted by Gasteiger charge is 2.31. The normalized spacial score (nSPS) is 20.4. The topological polar surface area (TPSA) is 81.9 Å². The second-order valence-corrected chi connectivity index (χ2v) is 4.44. The lowest BCUT2D eigenvalue weighted by atomic mass is 9.97. The zero-order chi connectivity index (χ0) is 13.5. The number of esters is 1. The first-order valence-corrected chi connectivity index (χ1v) is 6.30. The molecule has 0 spiro atoms. The zero-order valence-electron chi connectivity index (χ0n) is 11.5. The Bertz CT molecular complexity index is 301. The molecule has 0 saturated carbocycles. The highest BCUT2D eigenvalue weighted by molar-refractivity contribution is 5.85. The molecule has 0 aromatic rings. The van der Waals surface area contributed by atoms with E-state index in [1.54, 1.807) is 11.8 Å². The number of rotatable bonds is 5. The highest BCUT2D eigenvalue weighted by atomic mass is 35.5. The van der Waals surface area contributed by atoms with Gasteiger partial charge in [0.2, 0.25) is 5.91 Å². The summed E-state index contributed by atoms with van der Waals surface area (Å²) in [4.78, 5) is 25.3. The molecule has 6 nitrogen and oxygen atoms in total. The number of ether oxygens (including phenoxy) is 2. The number of halogens is 1. The van der Waals surface area contributed by atoms with Crippen LogP contribution < -0.4 is 5.73 Å². The first-order valence-electron chi connectivity index (χ1n) is 6.30. The number of carbonyl (C=O) groups excluding carboxylic acids is 2. The van der Waals surface area contributed by atoms with Crippen molar-refractivity contribution in [3.8, 4) is 0 Å². The van der Waals surface area contributed by atoms with E-state index in [0.717, 1.165) is 12.8 Å². The number of piperidine rings is 1. The van der Waals surface area contributed by atoms with Crippen molar-refractivity contribution >= 4 is 24.3 Å². The molecular formula is C12H23ClN2O4. The van der Waals surface area contributed by atoms with Crippen LogP contribution in [0.2, 0.25) is 0 Å². The number of nitrogens with zero attached hydrogens (tertiary/aromatic N) is 1. The van der Waals surface area contributed by atoms with Gasteiger partial charge in [-0.3, -0.25) is 9.59 Å². The van der Waals surface area contributed by atoms with E-state index in [1.807, 2.05) is 0 Å². The van der Waals surface area contributed by atoms with Gasteiger partial charge in [-0.25, -0.2) is 0 Å². The van der Waals surface area contributed by atoms with Crippen molar-refractivity contribution in [1.29, 1.82) is 0 Å². The molecule has 0 aromatic carbocycles. The van der Waals surface area contributed by atoms with Crippen LogP contribution in [0.15, 0.2) is 0 Å². The van der Waals surface area contributed by atoms with Gasteiger partial charge in [0, 0.05) is 20.2 Å². The quantitative estimate of drug-likeness (QED) is 0.732. The summed E-state index contributed by atoms with van der Waals surface area (Å²) in [6.07, 6.45) is 1.57. The largest absolute Gasteiger partial charge is 0.466 e. The number of likely N-dealkylation sites (tertiary alicyclic amines) is 1. The fourth-order valence-electron chi connectivity index (χ4n) is 2.12. The molecule has 112 valence electrons. The van der Waals surface area contributed by atoms with Crippen molar-refractivity contribution in [2.45, 2.75) is 25.8 Å². The van der Waals surface area contributed by atoms with E-state index in [0.29, 0.717) is 19.7 Å². The van der Waals surface area contributed by atoms with Crippen molar-refractivity contribution in [3.63, 3.8) is 0 Å². The summed E-state index contributed by atoms with van der Waals surface area (Å²) in [5.41, 5.74) is 5.71. The standard InChI is InChI=1S/C12H22N2O4.ClH/c1-3-18-12(16)9-5-4-6-14(7-9)11(15)10(13)8-17-2;/h9-10H,3-8,13H2,1-2H3;1H.